The Morgan fingerprint density at radius 2 is 1.47 bits per heavy atom. The van der Waals surface area contributed by atoms with Crippen molar-refractivity contribution in [2.24, 2.45) is 0 Å². The summed E-state index contributed by atoms with van der Waals surface area (Å²) in [7, 11) is 0. The topological polar surface area (TPSA) is 54.0 Å². The number of pyridine rings is 1. The number of nitrogens with one attached hydrogen (secondary N) is 1. The minimum absolute atomic E-state index is 0. The van der Waals surface area contributed by atoms with Crippen LogP contribution < -0.4 is 22.5 Å². The molecule has 6 aromatic rings. The normalized spacial score (nSPS) is 10.9. The molecule has 0 aliphatic heterocycles. The molecule has 0 radical (unpaired) electrons. The Balaban J connectivity index is 0.00000241. The smallest absolute Gasteiger partial charge is 0.275 e. The zero-order valence-corrected chi connectivity index (χ0v) is 19.0. The maximum Gasteiger partial charge on any atom is 0.275 e. The molecule has 6 heteroatoms. The van der Waals surface area contributed by atoms with Gasteiger partial charge in [-0.3, -0.25) is 9.20 Å². The van der Waals surface area contributed by atoms with Crippen LogP contribution in [0.1, 0.15) is 5.56 Å². The van der Waals surface area contributed by atoms with E-state index in [1.54, 1.807) is 0 Å². The molecule has 3 heterocycles. The van der Waals surface area contributed by atoms with Gasteiger partial charge in [0.1, 0.15) is 11.2 Å². The van der Waals surface area contributed by atoms with Crippen LogP contribution in [0, 0.1) is 0 Å². The van der Waals surface area contributed by atoms with Crippen LogP contribution in [0.15, 0.2) is 114 Å². The van der Waals surface area contributed by atoms with Crippen LogP contribution in [0.5, 0.6) is 0 Å². The molecule has 0 amide bonds. The molecule has 0 saturated carbocycles. The second-order valence-electron chi connectivity index (χ2n) is 8.06. The number of imidazole rings is 1. The second kappa shape index (κ2) is 8.96. The van der Waals surface area contributed by atoms with Crippen LogP contribution >= 0.6 is 0 Å². The number of hydrogen-bond acceptors (Lipinski definition) is 2. The van der Waals surface area contributed by atoms with E-state index in [4.69, 9.17) is 4.98 Å². The number of fused-ring (bicyclic) bond motifs is 3. The molecular formula is C28H21ClN4O. The summed E-state index contributed by atoms with van der Waals surface area (Å²) in [6, 6.07) is 32.1. The molecule has 0 atom stereocenters. The van der Waals surface area contributed by atoms with Crippen molar-refractivity contribution >= 4 is 16.6 Å². The van der Waals surface area contributed by atoms with Gasteiger partial charge in [-0.15, -0.1) is 0 Å². The molecule has 3 aromatic carbocycles. The molecule has 0 saturated heterocycles. The van der Waals surface area contributed by atoms with Crippen molar-refractivity contribution in [2.75, 3.05) is 0 Å². The molecule has 166 valence electrons. The first-order chi connectivity index (χ1) is 16.3. The average Bonchev–Trinajstić information content (AvgIpc) is 3.27. The van der Waals surface area contributed by atoms with E-state index < -0.39 is 0 Å². The fraction of sp³-hybridized carbons (Fsp3) is 0.0357. The van der Waals surface area contributed by atoms with Gasteiger partial charge in [0.25, 0.3) is 5.56 Å². The molecule has 5 nitrogen and oxygen atoms in total. The maximum absolute atomic E-state index is 13.2. The molecule has 6 rings (SSSR count). The molecule has 34 heavy (non-hydrogen) atoms. The average molecular weight is 465 g/mol. The van der Waals surface area contributed by atoms with E-state index in [2.05, 4.69) is 34.1 Å². The summed E-state index contributed by atoms with van der Waals surface area (Å²) in [5, 5.41) is 0. The number of aromatic nitrogens is 4. The lowest BCUT2D eigenvalue weighted by atomic mass is 10.1. The van der Waals surface area contributed by atoms with E-state index in [0.717, 1.165) is 34.5 Å². The summed E-state index contributed by atoms with van der Waals surface area (Å²) in [4.78, 5) is 21.3. The maximum atomic E-state index is 13.2. The van der Waals surface area contributed by atoms with Crippen LogP contribution in [0.3, 0.4) is 0 Å². The van der Waals surface area contributed by atoms with E-state index in [1.165, 1.54) is 5.56 Å². The van der Waals surface area contributed by atoms with Crippen LogP contribution in [0.25, 0.3) is 39.2 Å². The molecule has 0 bridgehead atoms. The number of benzene rings is 3. The zero-order valence-electron chi connectivity index (χ0n) is 18.2. The monoisotopic (exact) mass is 464 g/mol. The van der Waals surface area contributed by atoms with E-state index in [1.807, 2.05) is 89.3 Å². The number of halogens is 1. The van der Waals surface area contributed by atoms with Crippen LogP contribution in [-0.2, 0) is 6.54 Å². The number of rotatable bonds is 4. The molecular weight excluding hydrogens is 444 g/mol. The van der Waals surface area contributed by atoms with Crippen LogP contribution in [0.2, 0.25) is 0 Å². The van der Waals surface area contributed by atoms with Gasteiger partial charge in [-0.25, -0.2) is 9.55 Å². The van der Waals surface area contributed by atoms with E-state index in [9.17, 15) is 4.79 Å². The Labute approximate surface area is 202 Å². The first kappa shape index (κ1) is 21.6. The van der Waals surface area contributed by atoms with Gasteiger partial charge in [0, 0.05) is 17.2 Å². The fourth-order valence-corrected chi connectivity index (χ4v) is 4.36. The fourth-order valence-electron chi connectivity index (χ4n) is 4.36. The van der Waals surface area contributed by atoms with E-state index in [-0.39, 0.29) is 18.0 Å². The summed E-state index contributed by atoms with van der Waals surface area (Å²) >= 11 is 0. The predicted molar refractivity (Wildman–Crippen MR) is 130 cm³/mol. The third-order valence-electron chi connectivity index (χ3n) is 5.86. The molecule has 1 N–H and O–H groups in total. The summed E-state index contributed by atoms with van der Waals surface area (Å²) < 4.78 is 4.13. The number of hydrogen-bond donors (Lipinski definition) is 1. The minimum atomic E-state index is -0.153. The van der Waals surface area contributed by atoms with Crippen LogP contribution in [-0.4, -0.2) is 14.4 Å². The van der Waals surface area contributed by atoms with Gasteiger partial charge in [0.05, 0.1) is 16.6 Å². The zero-order chi connectivity index (χ0) is 22.2. The Hall–Kier alpha value is -4.22. The first-order valence-corrected chi connectivity index (χ1v) is 10.9. The quantitative estimate of drug-likeness (QED) is 0.405. The van der Waals surface area contributed by atoms with Gasteiger partial charge < -0.3 is 17.4 Å². The molecule has 0 aliphatic carbocycles. The third kappa shape index (κ3) is 3.76. The van der Waals surface area contributed by atoms with Gasteiger partial charge in [-0.2, -0.15) is 0 Å². The Kier molecular flexibility index (Phi) is 5.70. The summed E-state index contributed by atoms with van der Waals surface area (Å²) in [5.41, 5.74) is 5.84. The highest BCUT2D eigenvalue weighted by Gasteiger charge is 2.21. The minimum Gasteiger partial charge on any atom is -1.00 e. The lowest BCUT2D eigenvalue weighted by Crippen LogP contribution is -3.00. The Morgan fingerprint density at radius 1 is 0.794 bits per heavy atom. The van der Waals surface area contributed by atoms with Gasteiger partial charge in [-0.05, 0) is 18.2 Å². The number of nitrogens with zero attached hydrogens (tertiary/aromatic N) is 3. The largest absolute Gasteiger partial charge is 1.00 e. The number of aromatic amines is 1. The first-order valence-electron chi connectivity index (χ1n) is 10.9. The van der Waals surface area contributed by atoms with Gasteiger partial charge in [0.2, 0.25) is 0 Å². The van der Waals surface area contributed by atoms with Crippen molar-refractivity contribution in [1.82, 2.24) is 14.4 Å². The molecule has 3 aromatic heterocycles. The predicted octanol–water partition coefficient (Wildman–Crippen LogP) is 1.85. The molecule has 0 fully saturated rings. The standard InChI is InChI=1S/C28H20N4O.ClH/c33-28-26-25(21-12-5-2-6-13-21)30-27(32(26)24-16-8-7-15-23(24)29-28)22-14-9-17-31(19-22)18-20-10-3-1-4-11-20;/h1-17,19H,18H2;1H. The lowest BCUT2D eigenvalue weighted by Gasteiger charge is -2.06. The van der Waals surface area contributed by atoms with Crippen molar-refractivity contribution in [3.63, 3.8) is 0 Å². The molecule has 0 unspecified atom stereocenters. The van der Waals surface area contributed by atoms with Crippen molar-refractivity contribution in [3.05, 3.63) is 125 Å². The summed E-state index contributed by atoms with van der Waals surface area (Å²) in [6.45, 7) is 0.755. The highest BCUT2D eigenvalue weighted by atomic mass is 35.5. The van der Waals surface area contributed by atoms with Crippen molar-refractivity contribution in [2.45, 2.75) is 6.54 Å². The van der Waals surface area contributed by atoms with Crippen molar-refractivity contribution < 1.29 is 17.0 Å². The second-order valence-corrected chi connectivity index (χ2v) is 8.06. The van der Waals surface area contributed by atoms with E-state index in [0.29, 0.717) is 11.2 Å². The molecule has 0 aliphatic rings. The van der Waals surface area contributed by atoms with Crippen molar-refractivity contribution in [1.29, 1.82) is 0 Å². The number of para-hydroxylation sites is 2. The Morgan fingerprint density at radius 3 is 2.26 bits per heavy atom. The summed E-state index contributed by atoms with van der Waals surface area (Å²) in [5.74, 6) is 0.744. The van der Waals surface area contributed by atoms with Gasteiger partial charge in [0.15, 0.2) is 24.8 Å². The van der Waals surface area contributed by atoms with Gasteiger partial charge in [-0.1, -0.05) is 72.8 Å². The Bertz CT molecular complexity index is 1660. The third-order valence-corrected chi connectivity index (χ3v) is 5.86. The SMILES string of the molecule is O=c1[nH]c2ccccc2n2c(-c3ccc[n+](Cc4ccccc4)c3)nc(-c3ccccc3)c12.[Cl-]. The van der Waals surface area contributed by atoms with Gasteiger partial charge >= 0.3 is 0 Å². The van der Waals surface area contributed by atoms with E-state index >= 15 is 0 Å². The highest BCUT2D eigenvalue weighted by molar-refractivity contribution is 5.88. The lowest BCUT2D eigenvalue weighted by molar-refractivity contribution is -0.687. The molecule has 0 spiro atoms. The van der Waals surface area contributed by atoms with Crippen molar-refractivity contribution in [3.8, 4) is 22.6 Å². The highest BCUT2D eigenvalue weighted by Crippen LogP contribution is 2.29. The summed E-state index contributed by atoms with van der Waals surface area (Å²) in [6.07, 6.45) is 4.14. The van der Waals surface area contributed by atoms with Crippen LogP contribution in [0.4, 0.5) is 0 Å². The number of H-pyrrole nitrogens is 1.